The molecule has 0 amide bonds. The molecule has 25 heavy (non-hydrogen) atoms. The van der Waals surface area contributed by atoms with Crippen molar-refractivity contribution in [2.75, 3.05) is 4.90 Å². The van der Waals surface area contributed by atoms with E-state index < -0.39 is 5.66 Å². The molecule has 3 rings (SSSR count). The third-order valence-corrected chi connectivity index (χ3v) is 3.82. The second kappa shape index (κ2) is 6.94. The van der Waals surface area contributed by atoms with E-state index in [2.05, 4.69) is 9.98 Å². The van der Waals surface area contributed by atoms with Gasteiger partial charge in [0.15, 0.2) is 5.78 Å². The Balaban J connectivity index is 0.00000225. The lowest BCUT2D eigenvalue weighted by Crippen LogP contribution is -2.54. The minimum absolute atomic E-state index is 0. The van der Waals surface area contributed by atoms with Crippen LogP contribution in [-0.4, -0.2) is 23.4 Å². The number of hydrogen-bond donors (Lipinski definition) is 2. The number of anilines is 1. The third-order valence-electron chi connectivity index (χ3n) is 3.82. The molecule has 0 radical (unpaired) electrons. The van der Waals surface area contributed by atoms with Gasteiger partial charge in [-0.05, 0) is 38.1 Å². The largest absolute Gasteiger partial charge is 0.369 e. The number of nitrogens with two attached hydrogens (primary N) is 2. The Morgan fingerprint density at radius 2 is 1.52 bits per heavy atom. The zero-order valence-corrected chi connectivity index (χ0v) is 14.8. The van der Waals surface area contributed by atoms with Crippen molar-refractivity contribution in [3.05, 3.63) is 65.7 Å². The van der Waals surface area contributed by atoms with Gasteiger partial charge in [0.25, 0.3) is 0 Å². The van der Waals surface area contributed by atoms with Crippen LogP contribution in [-0.2, 0) is 0 Å². The molecular weight excluding hydrogens is 338 g/mol. The maximum atomic E-state index is 12.5. The number of nitrogens with zero attached hydrogens (tertiary/aromatic N) is 3. The summed E-state index contributed by atoms with van der Waals surface area (Å²) in [6.07, 6.45) is 0. The summed E-state index contributed by atoms with van der Waals surface area (Å²) in [7, 11) is 0. The van der Waals surface area contributed by atoms with Crippen molar-refractivity contribution in [3.63, 3.8) is 0 Å². The Morgan fingerprint density at radius 1 is 0.960 bits per heavy atom. The molecule has 4 N–H and O–H groups in total. The van der Waals surface area contributed by atoms with Crippen molar-refractivity contribution >= 4 is 35.8 Å². The smallest absolute Gasteiger partial charge is 0.220 e. The average Bonchev–Trinajstić information content (AvgIpc) is 2.54. The summed E-state index contributed by atoms with van der Waals surface area (Å²) >= 11 is 0. The lowest BCUT2D eigenvalue weighted by atomic mass is 10.0. The molecule has 1 aliphatic heterocycles. The Morgan fingerprint density at radius 3 is 2.08 bits per heavy atom. The number of hydrogen-bond acceptors (Lipinski definition) is 6. The quantitative estimate of drug-likeness (QED) is 0.825. The van der Waals surface area contributed by atoms with Gasteiger partial charge in [0, 0.05) is 16.8 Å². The number of aliphatic imine (C=N–C) groups is 2. The highest BCUT2D eigenvalue weighted by molar-refractivity contribution is 6.09. The minimum atomic E-state index is -0.652. The normalized spacial score (nSPS) is 15.7. The van der Waals surface area contributed by atoms with Gasteiger partial charge in [-0.3, -0.25) is 9.69 Å². The van der Waals surface area contributed by atoms with Gasteiger partial charge in [0.2, 0.25) is 11.9 Å². The van der Waals surface area contributed by atoms with Crippen molar-refractivity contribution in [1.82, 2.24) is 0 Å². The molecule has 0 saturated heterocycles. The van der Waals surface area contributed by atoms with Crippen molar-refractivity contribution < 1.29 is 4.79 Å². The van der Waals surface area contributed by atoms with Crippen LogP contribution in [0.25, 0.3) is 0 Å². The van der Waals surface area contributed by atoms with Gasteiger partial charge >= 0.3 is 0 Å². The molecular formula is C18H20ClN5O. The van der Waals surface area contributed by atoms with Crippen LogP contribution < -0.4 is 16.4 Å². The number of carbonyl (C=O) groups excluding carboxylic acids is 1. The Kier molecular flexibility index (Phi) is 5.13. The first-order chi connectivity index (χ1) is 11.4. The third kappa shape index (κ3) is 3.64. The first kappa shape index (κ1) is 18.5. The highest BCUT2D eigenvalue weighted by Gasteiger charge is 2.32. The predicted molar refractivity (Wildman–Crippen MR) is 103 cm³/mol. The van der Waals surface area contributed by atoms with E-state index in [1.807, 2.05) is 44.2 Å². The van der Waals surface area contributed by atoms with Crippen LogP contribution in [0.15, 0.2) is 64.6 Å². The van der Waals surface area contributed by atoms with E-state index in [0.29, 0.717) is 11.1 Å². The van der Waals surface area contributed by atoms with Crippen LogP contribution in [0.4, 0.5) is 5.69 Å². The van der Waals surface area contributed by atoms with Crippen molar-refractivity contribution in [3.8, 4) is 0 Å². The molecule has 7 heteroatoms. The molecule has 6 nitrogen and oxygen atoms in total. The number of rotatable bonds is 3. The van der Waals surface area contributed by atoms with Gasteiger partial charge in [0.1, 0.15) is 5.66 Å². The van der Waals surface area contributed by atoms with Gasteiger partial charge in [0.05, 0.1) is 0 Å². The van der Waals surface area contributed by atoms with Gasteiger partial charge in [-0.1, -0.05) is 30.3 Å². The van der Waals surface area contributed by atoms with Crippen LogP contribution in [0.3, 0.4) is 0 Å². The van der Waals surface area contributed by atoms with E-state index in [1.54, 1.807) is 29.2 Å². The monoisotopic (exact) mass is 357 g/mol. The fraction of sp³-hybridized carbons (Fsp3) is 0.167. The van der Waals surface area contributed by atoms with E-state index >= 15 is 0 Å². The summed E-state index contributed by atoms with van der Waals surface area (Å²) in [5.41, 5.74) is 13.1. The van der Waals surface area contributed by atoms with E-state index in [9.17, 15) is 4.79 Å². The number of benzene rings is 2. The molecule has 0 aliphatic carbocycles. The SMILES string of the molecule is CC1(C)N=C(N)N=C(N)N1c1ccc(C(=O)c2ccccc2)cc1.Cl. The Hall–Kier alpha value is -2.86. The van der Waals surface area contributed by atoms with Gasteiger partial charge in [-0.15, -0.1) is 12.4 Å². The van der Waals surface area contributed by atoms with Crippen molar-refractivity contribution in [2.24, 2.45) is 21.5 Å². The van der Waals surface area contributed by atoms with Crippen LogP contribution >= 0.6 is 12.4 Å². The molecule has 0 unspecified atom stereocenters. The Labute approximate surface area is 152 Å². The molecule has 0 fully saturated rings. The number of carbonyl (C=O) groups is 1. The molecule has 0 spiro atoms. The maximum absolute atomic E-state index is 12.5. The lowest BCUT2D eigenvalue weighted by molar-refractivity contribution is 0.103. The molecule has 1 aliphatic rings. The summed E-state index contributed by atoms with van der Waals surface area (Å²) in [5, 5.41) is 0. The number of halogens is 1. The summed E-state index contributed by atoms with van der Waals surface area (Å²) in [5.74, 6) is 0.406. The average molecular weight is 358 g/mol. The van der Waals surface area contributed by atoms with E-state index in [1.165, 1.54) is 0 Å². The molecule has 130 valence electrons. The number of ketones is 1. The summed E-state index contributed by atoms with van der Waals surface area (Å²) in [4.78, 5) is 22.6. The van der Waals surface area contributed by atoms with Gasteiger partial charge in [-0.2, -0.15) is 4.99 Å². The standard InChI is InChI=1S/C18H19N5O.ClH/c1-18(2)22-16(19)21-17(20)23(18)14-10-8-13(9-11-14)15(24)12-6-4-3-5-7-12;/h3-11H,1-2H3,(H4,19,20,21,22);1H. The van der Waals surface area contributed by atoms with Crippen LogP contribution in [0, 0.1) is 0 Å². The molecule has 0 saturated carbocycles. The molecule has 1 heterocycles. The second-order valence-corrected chi connectivity index (χ2v) is 6.01. The molecule has 2 aromatic rings. The molecule has 2 aromatic carbocycles. The van der Waals surface area contributed by atoms with Crippen LogP contribution in [0.2, 0.25) is 0 Å². The highest BCUT2D eigenvalue weighted by atomic mass is 35.5. The molecule has 0 bridgehead atoms. The molecule has 0 atom stereocenters. The van der Waals surface area contributed by atoms with Crippen molar-refractivity contribution in [2.45, 2.75) is 19.5 Å². The summed E-state index contributed by atoms with van der Waals surface area (Å²) < 4.78 is 0. The van der Waals surface area contributed by atoms with Gasteiger partial charge < -0.3 is 11.5 Å². The highest BCUT2D eigenvalue weighted by Crippen LogP contribution is 2.27. The first-order valence-electron chi connectivity index (χ1n) is 7.58. The summed E-state index contributed by atoms with van der Waals surface area (Å²) in [6.45, 7) is 3.79. The van der Waals surface area contributed by atoms with E-state index in [-0.39, 0.29) is 30.1 Å². The fourth-order valence-corrected chi connectivity index (χ4v) is 2.77. The van der Waals surface area contributed by atoms with E-state index in [4.69, 9.17) is 11.5 Å². The zero-order valence-electron chi connectivity index (χ0n) is 14.0. The van der Waals surface area contributed by atoms with Crippen molar-refractivity contribution in [1.29, 1.82) is 0 Å². The molecule has 0 aromatic heterocycles. The first-order valence-corrected chi connectivity index (χ1v) is 7.58. The second-order valence-electron chi connectivity index (χ2n) is 6.01. The lowest BCUT2D eigenvalue weighted by Gasteiger charge is -2.38. The van der Waals surface area contributed by atoms with Gasteiger partial charge in [-0.25, -0.2) is 4.99 Å². The Bertz CT molecular complexity index is 828. The fourth-order valence-electron chi connectivity index (χ4n) is 2.77. The summed E-state index contributed by atoms with van der Waals surface area (Å²) in [6, 6.07) is 16.4. The number of guanidine groups is 2. The van der Waals surface area contributed by atoms with Crippen LogP contribution in [0.1, 0.15) is 29.8 Å². The zero-order chi connectivity index (χ0) is 17.3. The topological polar surface area (TPSA) is 97.1 Å². The predicted octanol–water partition coefficient (Wildman–Crippen LogP) is 2.52. The van der Waals surface area contributed by atoms with E-state index in [0.717, 1.165) is 5.69 Å². The minimum Gasteiger partial charge on any atom is -0.369 e. The van der Waals surface area contributed by atoms with Crippen LogP contribution in [0.5, 0.6) is 0 Å². The maximum Gasteiger partial charge on any atom is 0.220 e.